The molecule has 0 bridgehead atoms. The van der Waals surface area contributed by atoms with E-state index in [1.807, 2.05) is 0 Å². The summed E-state index contributed by atoms with van der Waals surface area (Å²) in [6.45, 7) is 1.42. The molecule has 0 aliphatic rings. The number of benzene rings is 1. The number of esters is 1. The third-order valence-corrected chi connectivity index (χ3v) is 2.97. The molecule has 1 rings (SSSR count). The van der Waals surface area contributed by atoms with Crippen LogP contribution in [0.15, 0.2) is 18.2 Å². The van der Waals surface area contributed by atoms with Gasteiger partial charge in [0, 0.05) is 5.56 Å². The Morgan fingerprint density at radius 1 is 1.37 bits per heavy atom. The highest BCUT2D eigenvalue weighted by molar-refractivity contribution is 7.86. The number of carbonyl (C=O) groups is 2. The first kappa shape index (κ1) is 15.4. The van der Waals surface area contributed by atoms with Crippen LogP contribution in [0.1, 0.15) is 22.8 Å². The predicted octanol–water partition coefficient (Wildman–Crippen LogP) is -0.184. The van der Waals surface area contributed by atoms with Crippen molar-refractivity contribution in [3.63, 3.8) is 0 Å². The highest BCUT2D eigenvalue weighted by atomic mass is 32.2. The zero-order chi connectivity index (χ0) is 14.6. The molecule has 6 nitrogen and oxygen atoms in total. The van der Waals surface area contributed by atoms with E-state index in [-0.39, 0.29) is 11.5 Å². The third-order valence-electron chi connectivity index (χ3n) is 2.37. The molecular formula is C11H13BO6S. The molecule has 0 atom stereocenters. The lowest BCUT2D eigenvalue weighted by molar-refractivity contribution is -0.131. The van der Waals surface area contributed by atoms with Gasteiger partial charge in [0.1, 0.15) is 13.6 Å². The Bertz CT molecular complexity index is 608. The molecule has 0 aromatic heterocycles. The highest BCUT2D eigenvalue weighted by Gasteiger charge is 2.16. The third kappa shape index (κ3) is 4.84. The average molecular weight is 284 g/mol. The fourth-order valence-corrected chi connectivity index (χ4v) is 1.83. The summed E-state index contributed by atoms with van der Waals surface area (Å²) in [5.74, 6) is -2.12. The Morgan fingerprint density at radius 3 is 2.47 bits per heavy atom. The molecule has 0 aliphatic carbocycles. The van der Waals surface area contributed by atoms with Gasteiger partial charge in [-0.1, -0.05) is 6.32 Å². The van der Waals surface area contributed by atoms with Gasteiger partial charge in [-0.05, 0) is 30.7 Å². The topological polar surface area (TPSA) is 97.7 Å². The maximum absolute atomic E-state index is 11.3. The van der Waals surface area contributed by atoms with Gasteiger partial charge in [-0.25, -0.2) is 0 Å². The van der Waals surface area contributed by atoms with Crippen molar-refractivity contribution in [2.45, 2.75) is 13.2 Å². The van der Waals surface area contributed by atoms with Crippen molar-refractivity contribution in [2.75, 3.05) is 5.75 Å². The minimum Gasteiger partial charge on any atom is -0.425 e. The molecule has 1 aromatic carbocycles. The van der Waals surface area contributed by atoms with E-state index in [4.69, 9.17) is 9.29 Å². The van der Waals surface area contributed by atoms with Crippen molar-refractivity contribution in [3.8, 4) is 5.75 Å². The first-order valence-electron chi connectivity index (χ1n) is 5.52. The van der Waals surface area contributed by atoms with Crippen LogP contribution < -0.4 is 4.74 Å². The van der Waals surface area contributed by atoms with E-state index in [9.17, 15) is 18.0 Å². The first-order chi connectivity index (χ1) is 8.73. The second-order valence-corrected chi connectivity index (χ2v) is 5.39. The number of Topliss-reactive ketones (excluding diaryl/α,β-unsaturated/α-hetero) is 1. The van der Waals surface area contributed by atoms with E-state index in [1.54, 1.807) is 13.9 Å². The summed E-state index contributed by atoms with van der Waals surface area (Å²) >= 11 is 0. The summed E-state index contributed by atoms with van der Waals surface area (Å²) in [6.07, 6.45) is 0.510. The lowest BCUT2D eigenvalue weighted by atomic mass is 9.94. The Hall–Kier alpha value is -1.67. The minimum atomic E-state index is -4.41. The molecule has 1 N–H and O–H groups in total. The van der Waals surface area contributed by atoms with Crippen LogP contribution in [0.5, 0.6) is 5.75 Å². The SMILES string of the molecule is BCc1cc(C(C)=O)ccc1OC(=O)CS(=O)(=O)O. The molecule has 0 amide bonds. The normalized spacial score (nSPS) is 11.1. The van der Waals surface area contributed by atoms with E-state index < -0.39 is 21.8 Å². The van der Waals surface area contributed by atoms with Crippen molar-refractivity contribution in [1.82, 2.24) is 0 Å². The second-order valence-electron chi connectivity index (χ2n) is 3.93. The van der Waals surface area contributed by atoms with Crippen molar-refractivity contribution in [3.05, 3.63) is 29.3 Å². The standard InChI is InChI=1S/C11H13BO6S/c1-7(13)8-2-3-10(9(4-8)5-12)18-11(14)6-19(15,16)17/h2-4H,5-6,12H2,1H3,(H,15,16,17). The van der Waals surface area contributed by atoms with Crippen LogP contribution in [-0.2, 0) is 21.2 Å². The lowest BCUT2D eigenvalue weighted by Crippen LogP contribution is -2.20. The van der Waals surface area contributed by atoms with Gasteiger partial charge in [0.25, 0.3) is 10.1 Å². The summed E-state index contributed by atoms with van der Waals surface area (Å²) in [5.41, 5.74) is 1.09. The van der Waals surface area contributed by atoms with Crippen LogP contribution in [0, 0.1) is 0 Å². The Balaban J connectivity index is 2.95. The minimum absolute atomic E-state index is 0.120. The summed E-state index contributed by atoms with van der Waals surface area (Å²) in [5, 5.41) is 0. The van der Waals surface area contributed by atoms with E-state index in [1.165, 1.54) is 19.1 Å². The van der Waals surface area contributed by atoms with Gasteiger partial charge in [-0.3, -0.25) is 14.1 Å². The van der Waals surface area contributed by atoms with Crippen molar-refractivity contribution < 1.29 is 27.3 Å². The Labute approximate surface area is 111 Å². The molecule has 102 valence electrons. The van der Waals surface area contributed by atoms with Crippen LogP contribution in [0.25, 0.3) is 0 Å². The predicted molar refractivity (Wildman–Crippen MR) is 70.7 cm³/mol. The van der Waals surface area contributed by atoms with Gasteiger partial charge < -0.3 is 4.74 Å². The molecule has 0 heterocycles. The quantitative estimate of drug-likeness (QED) is 0.265. The van der Waals surface area contributed by atoms with Gasteiger partial charge >= 0.3 is 5.97 Å². The van der Waals surface area contributed by atoms with Crippen LogP contribution in [0.4, 0.5) is 0 Å². The molecule has 1 aromatic rings. The van der Waals surface area contributed by atoms with Crippen LogP contribution in [0.3, 0.4) is 0 Å². The molecular weight excluding hydrogens is 271 g/mol. The number of hydrogen-bond acceptors (Lipinski definition) is 5. The fourth-order valence-electron chi connectivity index (χ4n) is 1.48. The number of rotatable bonds is 5. The smallest absolute Gasteiger partial charge is 0.329 e. The molecule has 0 aliphatic heterocycles. The first-order valence-corrected chi connectivity index (χ1v) is 7.13. The van der Waals surface area contributed by atoms with Crippen molar-refractivity contribution >= 4 is 29.7 Å². The monoisotopic (exact) mass is 284 g/mol. The van der Waals surface area contributed by atoms with E-state index >= 15 is 0 Å². The number of ketones is 1. The number of hydrogen-bond donors (Lipinski definition) is 1. The number of carbonyl (C=O) groups excluding carboxylic acids is 2. The van der Waals surface area contributed by atoms with Crippen LogP contribution >= 0.6 is 0 Å². The lowest BCUT2D eigenvalue weighted by Gasteiger charge is -2.09. The van der Waals surface area contributed by atoms with Gasteiger partial charge in [-0.2, -0.15) is 8.42 Å². The molecule has 0 spiro atoms. The van der Waals surface area contributed by atoms with E-state index in [0.29, 0.717) is 17.4 Å². The van der Waals surface area contributed by atoms with E-state index in [0.717, 1.165) is 0 Å². The molecule has 0 saturated carbocycles. The Kier molecular flexibility index (Phi) is 4.85. The van der Waals surface area contributed by atoms with Crippen molar-refractivity contribution in [2.24, 2.45) is 0 Å². The Morgan fingerprint density at radius 2 is 2.00 bits per heavy atom. The second kappa shape index (κ2) is 5.98. The maximum atomic E-state index is 11.3. The van der Waals surface area contributed by atoms with Gasteiger partial charge in [0.2, 0.25) is 0 Å². The fraction of sp³-hybridized carbons (Fsp3) is 0.273. The summed E-state index contributed by atoms with van der Waals surface area (Å²) in [6, 6.07) is 4.49. The summed E-state index contributed by atoms with van der Waals surface area (Å²) in [4.78, 5) is 22.5. The van der Waals surface area contributed by atoms with Gasteiger partial charge in [-0.15, -0.1) is 0 Å². The molecule has 0 saturated heterocycles. The molecule has 0 radical (unpaired) electrons. The maximum Gasteiger partial charge on any atom is 0.329 e. The van der Waals surface area contributed by atoms with Crippen LogP contribution in [0.2, 0.25) is 0 Å². The molecule has 0 unspecified atom stereocenters. The number of ether oxygens (including phenoxy) is 1. The average Bonchev–Trinajstić information content (AvgIpc) is 2.26. The molecule has 0 fully saturated rings. The molecule has 19 heavy (non-hydrogen) atoms. The van der Waals surface area contributed by atoms with Crippen molar-refractivity contribution in [1.29, 1.82) is 0 Å². The zero-order valence-corrected chi connectivity index (χ0v) is 11.4. The van der Waals surface area contributed by atoms with Gasteiger partial charge in [0.05, 0.1) is 0 Å². The summed E-state index contributed by atoms with van der Waals surface area (Å²) < 4.78 is 34.5. The van der Waals surface area contributed by atoms with E-state index in [2.05, 4.69) is 0 Å². The summed E-state index contributed by atoms with van der Waals surface area (Å²) in [7, 11) is -2.61. The van der Waals surface area contributed by atoms with Gasteiger partial charge in [0.15, 0.2) is 11.5 Å². The molecule has 8 heteroatoms. The largest absolute Gasteiger partial charge is 0.425 e. The highest BCUT2D eigenvalue weighted by Crippen LogP contribution is 2.21. The zero-order valence-electron chi connectivity index (χ0n) is 10.5. The van der Waals surface area contributed by atoms with Crippen LogP contribution in [-0.4, -0.2) is 38.3 Å².